The number of pyridine rings is 1. The quantitative estimate of drug-likeness (QED) is 0.287. The largest absolute Gasteiger partial charge is 1.00 e. The molecule has 100 valence electrons. The molecule has 1 aromatic rings. The van der Waals surface area contributed by atoms with E-state index in [9.17, 15) is 4.79 Å². The van der Waals surface area contributed by atoms with E-state index in [1.165, 1.54) is 23.5 Å². The van der Waals surface area contributed by atoms with E-state index in [0.29, 0.717) is 12.4 Å². The van der Waals surface area contributed by atoms with Crippen molar-refractivity contribution in [2.24, 2.45) is 4.99 Å². The number of rotatable bonds is 4. The van der Waals surface area contributed by atoms with Crippen LogP contribution in [0.2, 0.25) is 0 Å². The molecule has 1 N–H and O–H groups in total. The molecule has 4 nitrogen and oxygen atoms in total. The number of carbonyl (C=O) groups excluding carboxylic acids is 1. The highest BCUT2D eigenvalue weighted by Gasteiger charge is 2.06. The van der Waals surface area contributed by atoms with Gasteiger partial charge in [-0.05, 0) is 19.2 Å². The number of halogens is 1. The van der Waals surface area contributed by atoms with E-state index < -0.39 is 0 Å². The molecule has 0 radical (unpaired) electrons. The van der Waals surface area contributed by atoms with Gasteiger partial charge in [0, 0.05) is 6.07 Å². The van der Waals surface area contributed by atoms with Crippen LogP contribution in [0.15, 0.2) is 29.5 Å². The van der Waals surface area contributed by atoms with Gasteiger partial charge in [0.15, 0.2) is 12.4 Å². The molecule has 0 fully saturated rings. The van der Waals surface area contributed by atoms with Crippen LogP contribution in [0.3, 0.4) is 0 Å². The summed E-state index contributed by atoms with van der Waals surface area (Å²) in [6.45, 7) is 2.21. The molecule has 0 amide bonds. The summed E-state index contributed by atoms with van der Waals surface area (Å²) in [7, 11) is 0. The van der Waals surface area contributed by atoms with Gasteiger partial charge >= 0.3 is 5.97 Å². The maximum atomic E-state index is 11.2. The molecule has 0 spiro atoms. The summed E-state index contributed by atoms with van der Waals surface area (Å²) in [5, 5.41) is 0. The first-order valence-corrected chi connectivity index (χ1v) is 7.34. The number of nitrogens with zero attached hydrogens (tertiary/aromatic N) is 1. The molecule has 18 heavy (non-hydrogen) atoms. The van der Waals surface area contributed by atoms with Gasteiger partial charge in [-0.1, -0.05) is 11.8 Å². The fourth-order valence-electron chi connectivity index (χ4n) is 1.02. The predicted molar refractivity (Wildman–Crippen MR) is 72.7 cm³/mol. The second-order valence-corrected chi connectivity index (χ2v) is 4.95. The third-order valence-electron chi connectivity index (χ3n) is 1.70. The predicted octanol–water partition coefficient (Wildman–Crippen LogP) is -0.848. The average Bonchev–Trinajstić information content (AvgIpc) is 2.36. The summed E-state index contributed by atoms with van der Waals surface area (Å²) in [4.78, 5) is 18.6. The minimum absolute atomic E-state index is 0. The van der Waals surface area contributed by atoms with Crippen molar-refractivity contribution in [2.45, 2.75) is 6.92 Å². The number of esters is 1. The molecule has 0 saturated heterocycles. The van der Waals surface area contributed by atoms with E-state index in [-0.39, 0.29) is 29.9 Å². The number of aromatic nitrogens is 1. The van der Waals surface area contributed by atoms with Crippen molar-refractivity contribution < 1.29 is 38.5 Å². The Morgan fingerprint density at radius 3 is 2.89 bits per heavy atom. The van der Waals surface area contributed by atoms with Crippen LogP contribution in [0.1, 0.15) is 6.92 Å². The number of aromatic amines is 1. The molecule has 0 unspecified atom stereocenters. The first kappa shape index (κ1) is 17.7. The number of thioether (sulfide) groups is 2. The molecule has 7 heteroatoms. The van der Waals surface area contributed by atoms with Gasteiger partial charge in [-0.2, -0.15) is 0 Å². The first-order chi connectivity index (χ1) is 8.26. The molecule has 0 aliphatic heterocycles. The van der Waals surface area contributed by atoms with Crippen molar-refractivity contribution in [2.75, 3.05) is 18.6 Å². The SMILES string of the molecule is CCOC(=O)CSC(=Nc1ccc[nH+]c1)SC.[I-]. The number of hydrogen-bond donors (Lipinski definition) is 0. The van der Waals surface area contributed by atoms with E-state index in [0.717, 1.165) is 10.1 Å². The van der Waals surface area contributed by atoms with Crippen LogP contribution in [0, 0.1) is 0 Å². The maximum Gasteiger partial charge on any atom is 0.316 e. The summed E-state index contributed by atoms with van der Waals surface area (Å²) in [6, 6.07) is 3.78. The highest BCUT2D eigenvalue weighted by molar-refractivity contribution is 8.38. The lowest BCUT2D eigenvalue weighted by molar-refractivity contribution is -0.377. The second kappa shape index (κ2) is 10.6. The van der Waals surface area contributed by atoms with E-state index in [2.05, 4.69) is 9.98 Å². The van der Waals surface area contributed by atoms with E-state index in [4.69, 9.17) is 4.74 Å². The van der Waals surface area contributed by atoms with Crippen LogP contribution < -0.4 is 29.0 Å². The van der Waals surface area contributed by atoms with Gasteiger partial charge in [-0.15, -0.1) is 11.8 Å². The first-order valence-electron chi connectivity index (χ1n) is 5.13. The lowest BCUT2D eigenvalue weighted by Crippen LogP contribution is -3.00. The van der Waals surface area contributed by atoms with Crippen molar-refractivity contribution in [3.63, 3.8) is 0 Å². The van der Waals surface area contributed by atoms with Crippen LogP contribution >= 0.6 is 23.5 Å². The molecule has 0 aromatic carbocycles. The molecule has 1 heterocycles. The fraction of sp³-hybridized carbons (Fsp3) is 0.364. The monoisotopic (exact) mass is 398 g/mol. The van der Waals surface area contributed by atoms with Crippen molar-refractivity contribution in [3.05, 3.63) is 24.5 Å². The summed E-state index contributed by atoms with van der Waals surface area (Å²) >= 11 is 2.91. The molecule has 1 aromatic heterocycles. The van der Waals surface area contributed by atoms with Gasteiger partial charge in [0.2, 0.25) is 0 Å². The number of hydrogen-bond acceptors (Lipinski definition) is 5. The Hall–Kier alpha value is -0.280. The van der Waals surface area contributed by atoms with Gasteiger partial charge in [-0.3, -0.25) is 4.79 Å². The van der Waals surface area contributed by atoms with Crippen molar-refractivity contribution in [3.8, 4) is 0 Å². The van der Waals surface area contributed by atoms with E-state index in [1.54, 1.807) is 13.1 Å². The smallest absolute Gasteiger partial charge is 0.316 e. The molecule has 0 aliphatic carbocycles. The van der Waals surface area contributed by atoms with Crippen molar-refractivity contribution in [1.82, 2.24) is 0 Å². The van der Waals surface area contributed by atoms with Crippen LogP contribution in [0.5, 0.6) is 0 Å². The Morgan fingerprint density at radius 2 is 2.33 bits per heavy atom. The highest BCUT2D eigenvalue weighted by Crippen LogP contribution is 2.19. The van der Waals surface area contributed by atoms with Crippen LogP contribution in [-0.2, 0) is 9.53 Å². The van der Waals surface area contributed by atoms with Crippen molar-refractivity contribution in [1.29, 1.82) is 0 Å². The zero-order chi connectivity index (χ0) is 12.5. The lowest BCUT2D eigenvalue weighted by Gasteiger charge is -2.02. The van der Waals surface area contributed by atoms with E-state index >= 15 is 0 Å². The molecule has 0 atom stereocenters. The van der Waals surface area contributed by atoms with Gasteiger partial charge in [0.25, 0.3) is 0 Å². The maximum absolute atomic E-state index is 11.2. The Bertz CT molecular complexity index is 388. The standard InChI is InChI=1S/C11H14N2O2S2.HI/c1-3-15-10(14)8-17-11(16-2)13-9-5-4-6-12-7-9;/h4-7H,3,8H2,1-2H3;1H. The number of aliphatic imine (C=N–C) groups is 1. The number of H-pyrrole nitrogens is 1. The van der Waals surface area contributed by atoms with Gasteiger partial charge in [-0.25, -0.2) is 9.98 Å². The zero-order valence-electron chi connectivity index (χ0n) is 10.2. The lowest BCUT2D eigenvalue weighted by atomic mass is 10.4. The molecular weight excluding hydrogens is 383 g/mol. The van der Waals surface area contributed by atoms with Crippen LogP contribution in [0.25, 0.3) is 0 Å². The van der Waals surface area contributed by atoms with E-state index in [1.807, 2.05) is 24.6 Å². The normalized spacial score (nSPS) is 10.7. The summed E-state index contributed by atoms with van der Waals surface area (Å²) in [6.07, 6.45) is 5.56. The molecule has 0 bridgehead atoms. The third kappa shape index (κ3) is 7.22. The van der Waals surface area contributed by atoms with Crippen LogP contribution in [-0.4, -0.2) is 29.0 Å². The van der Waals surface area contributed by atoms with Gasteiger partial charge in [0.1, 0.15) is 10.1 Å². The molecule has 1 rings (SSSR count). The summed E-state index contributed by atoms with van der Waals surface area (Å²) < 4.78 is 5.70. The summed E-state index contributed by atoms with van der Waals surface area (Å²) in [5.41, 5.74) is 0.841. The zero-order valence-corrected chi connectivity index (χ0v) is 14.0. The van der Waals surface area contributed by atoms with Gasteiger partial charge < -0.3 is 28.7 Å². The molecule has 0 saturated carbocycles. The Morgan fingerprint density at radius 1 is 1.56 bits per heavy atom. The highest BCUT2D eigenvalue weighted by atomic mass is 127. The van der Waals surface area contributed by atoms with Crippen LogP contribution in [0.4, 0.5) is 5.69 Å². The third-order valence-corrected chi connectivity index (χ3v) is 3.72. The second-order valence-electron chi connectivity index (χ2n) is 2.94. The minimum Gasteiger partial charge on any atom is -1.00 e. The number of ether oxygens (including phenoxy) is 1. The molecular formula is C11H15IN2O2S2. The Balaban J connectivity index is 0.00000289. The average molecular weight is 398 g/mol. The molecule has 0 aliphatic rings. The Labute approximate surface area is 132 Å². The minimum atomic E-state index is -0.209. The van der Waals surface area contributed by atoms with Gasteiger partial charge in [0.05, 0.1) is 12.4 Å². The number of carbonyl (C=O) groups is 1. The fourth-order valence-corrected chi connectivity index (χ4v) is 2.36. The summed E-state index contributed by atoms with van der Waals surface area (Å²) in [5.74, 6) is 0.0863. The topological polar surface area (TPSA) is 52.8 Å². The van der Waals surface area contributed by atoms with Crippen molar-refractivity contribution >= 4 is 39.6 Å². The Kier molecular flexibility index (Phi) is 10.5. The number of nitrogens with one attached hydrogen (secondary N) is 1.